The van der Waals surface area contributed by atoms with E-state index in [2.05, 4.69) is 27.8 Å². The van der Waals surface area contributed by atoms with Crippen molar-refractivity contribution in [3.8, 4) is 5.75 Å². The molecule has 3 rings (SSSR count). The number of aromatic nitrogens is 3. The quantitative estimate of drug-likeness (QED) is 0.164. The van der Waals surface area contributed by atoms with Crippen molar-refractivity contribution in [2.75, 3.05) is 25.6 Å². The predicted octanol–water partition coefficient (Wildman–Crippen LogP) is 4.79. The number of thioether (sulfide) groups is 1. The van der Waals surface area contributed by atoms with Gasteiger partial charge in [0.25, 0.3) is 0 Å². The van der Waals surface area contributed by atoms with Crippen LogP contribution in [0.25, 0.3) is 0 Å². The van der Waals surface area contributed by atoms with Crippen molar-refractivity contribution in [2.45, 2.75) is 77.4 Å². The molecule has 0 unspecified atom stereocenters. The summed E-state index contributed by atoms with van der Waals surface area (Å²) in [6, 6.07) is 7.30. The van der Waals surface area contributed by atoms with Crippen LogP contribution in [0.15, 0.2) is 29.4 Å². The lowest BCUT2D eigenvalue weighted by Gasteiger charge is -2.14. The maximum absolute atomic E-state index is 13.3. The second-order valence-electron chi connectivity index (χ2n) is 9.66. The first-order chi connectivity index (χ1) is 21.1. The van der Waals surface area contributed by atoms with Crippen molar-refractivity contribution in [2.24, 2.45) is 0 Å². The summed E-state index contributed by atoms with van der Waals surface area (Å²) in [5.74, 6) is -0.460. The number of anilines is 1. The number of hydrogen-bond donors (Lipinski definition) is 2. The molecule has 0 radical (unpaired) electrons. The number of nitrogens with zero attached hydrogens (tertiary/aromatic N) is 3. The third-order valence-electron chi connectivity index (χ3n) is 6.47. The lowest BCUT2D eigenvalue weighted by molar-refractivity contribution is -0.120. The molecule has 238 valence electrons. The minimum Gasteiger partial charge on any atom is -0.497 e. The molecule has 0 bridgehead atoms. The van der Waals surface area contributed by atoms with Crippen molar-refractivity contribution in [1.29, 1.82) is 0 Å². The highest BCUT2D eigenvalue weighted by Crippen LogP contribution is 2.35. The number of esters is 2. The average molecular weight is 646 g/mol. The monoisotopic (exact) mass is 645 g/mol. The molecule has 14 heteroatoms. The van der Waals surface area contributed by atoms with Crippen LogP contribution in [0.1, 0.15) is 77.5 Å². The molecule has 0 spiro atoms. The first-order valence-electron chi connectivity index (χ1n) is 14.4. The zero-order valence-electron chi connectivity index (χ0n) is 25.9. The molecule has 2 amide bonds. The van der Waals surface area contributed by atoms with Gasteiger partial charge in [-0.15, -0.1) is 21.5 Å². The topological polar surface area (TPSA) is 151 Å². The number of unbranched alkanes of at least 4 members (excludes halogenated alkanes) is 1. The van der Waals surface area contributed by atoms with Gasteiger partial charge in [-0.1, -0.05) is 37.2 Å². The van der Waals surface area contributed by atoms with E-state index in [4.69, 9.17) is 14.2 Å². The Morgan fingerprint density at radius 1 is 1.02 bits per heavy atom. The van der Waals surface area contributed by atoms with E-state index < -0.39 is 23.1 Å². The van der Waals surface area contributed by atoms with E-state index in [9.17, 15) is 19.2 Å². The number of carbonyl (C=O) groups is 4. The molecule has 1 atom stereocenters. The van der Waals surface area contributed by atoms with Gasteiger partial charge in [0.2, 0.25) is 11.8 Å². The number of thiophene rings is 1. The van der Waals surface area contributed by atoms with E-state index in [1.54, 1.807) is 46.9 Å². The van der Waals surface area contributed by atoms with Crippen LogP contribution < -0.4 is 15.4 Å². The molecule has 12 nitrogen and oxygen atoms in total. The second-order valence-corrected chi connectivity index (χ2v) is 12.0. The van der Waals surface area contributed by atoms with Gasteiger partial charge in [0.05, 0.1) is 44.1 Å². The highest BCUT2D eigenvalue weighted by Gasteiger charge is 2.29. The Bertz CT molecular complexity index is 1450. The Kier molecular flexibility index (Phi) is 13.2. The molecule has 2 aromatic heterocycles. The highest BCUT2D eigenvalue weighted by molar-refractivity contribution is 8.00. The van der Waals surface area contributed by atoms with E-state index in [0.717, 1.165) is 35.5 Å². The summed E-state index contributed by atoms with van der Waals surface area (Å²) in [5.41, 5.74) is 1.37. The van der Waals surface area contributed by atoms with Gasteiger partial charge in [-0.2, -0.15) is 0 Å². The summed E-state index contributed by atoms with van der Waals surface area (Å²) in [6.45, 7) is 9.88. The molecule has 0 fully saturated rings. The van der Waals surface area contributed by atoms with Crippen LogP contribution >= 0.6 is 23.1 Å². The van der Waals surface area contributed by atoms with Crippen LogP contribution in [-0.4, -0.2) is 64.1 Å². The Morgan fingerprint density at radius 3 is 2.34 bits per heavy atom. The summed E-state index contributed by atoms with van der Waals surface area (Å²) in [7, 11) is 1.59. The van der Waals surface area contributed by atoms with Gasteiger partial charge in [-0.05, 0) is 57.4 Å². The van der Waals surface area contributed by atoms with Gasteiger partial charge >= 0.3 is 11.9 Å². The van der Waals surface area contributed by atoms with Crippen LogP contribution in [-0.2, 0) is 38.6 Å². The number of amides is 2. The Labute approximate surface area is 265 Å². The Morgan fingerprint density at radius 2 is 1.70 bits per heavy atom. The first-order valence-corrected chi connectivity index (χ1v) is 16.1. The fraction of sp³-hybridized carbons (Fsp3) is 0.467. The molecule has 3 aromatic rings. The Balaban J connectivity index is 1.72. The van der Waals surface area contributed by atoms with Crippen LogP contribution in [0.5, 0.6) is 5.75 Å². The largest absolute Gasteiger partial charge is 0.497 e. The molecule has 0 aliphatic heterocycles. The fourth-order valence-electron chi connectivity index (χ4n) is 4.11. The number of benzene rings is 1. The standard InChI is InChI=1S/C30H39N5O7S2/c1-7-10-15-35-22(17-31-23(36)16-20-11-13-21(40-6)14-12-20)33-34-30(35)43-19(5)26(37)32-27-24(28(38)41-8-2)18(4)25(44-27)29(39)42-9-3/h11-14,19H,7-10,15-17H2,1-6H3,(H,31,36)(H,32,37)/t19-/m0/s1. The molecule has 0 saturated heterocycles. The first kappa shape index (κ1) is 34.6. The molecule has 0 saturated carbocycles. The third kappa shape index (κ3) is 9.05. The average Bonchev–Trinajstić information content (AvgIpc) is 3.54. The highest BCUT2D eigenvalue weighted by atomic mass is 32.2. The summed E-state index contributed by atoms with van der Waals surface area (Å²) in [5, 5.41) is 14.4. The molecule has 1 aromatic carbocycles. The van der Waals surface area contributed by atoms with Crippen LogP contribution in [0.4, 0.5) is 5.00 Å². The molecular weight excluding hydrogens is 606 g/mol. The summed E-state index contributed by atoms with van der Waals surface area (Å²) in [6.07, 6.45) is 1.99. The van der Waals surface area contributed by atoms with E-state index in [0.29, 0.717) is 23.1 Å². The Hall–Kier alpha value is -3.91. The van der Waals surface area contributed by atoms with Crippen LogP contribution in [0.3, 0.4) is 0 Å². The minimum absolute atomic E-state index is 0.129. The maximum Gasteiger partial charge on any atom is 0.348 e. The number of carbonyl (C=O) groups excluding carboxylic acids is 4. The van der Waals surface area contributed by atoms with Crippen molar-refractivity contribution >= 4 is 51.9 Å². The molecule has 0 aliphatic rings. The van der Waals surface area contributed by atoms with E-state index >= 15 is 0 Å². The van der Waals surface area contributed by atoms with Gasteiger partial charge in [-0.3, -0.25) is 9.59 Å². The predicted molar refractivity (Wildman–Crippen MR) is 168 cm³/mol. The van der Waals surface area contributed by atoms with Gasteiger partial charge in [-0.25, -0.2) is 9.59 Å². The van der Waals surface area contributed by atoms with Crippen molar-refractivity contribution in [3.63, 3.8) is 0 Å². The zero-order chi connectivity index (χ0) is 32.2. The fourth-order valence-corrected chi connectivity index (χ4v) is 6.10. The van der Waals surface area contributed by atoms with Gasteiger partial charge in [0.1, 0.15) is 15.6 Å². The summed E-state index contributed by atoms with van der Waals surface area (Å²) in [4.78, 5) is 51.4. The normalized spacial score (nSPS) is 11.5. The van der Waals surface area contributed by atoms with Gasteiger partial charge in [0.15, 0.2) is 11.0 Å². The number of rotatable bonds is 16. The lowest BCUT2D eigenvalue weighted by atomic mass is 10.1. The molecule has 44 heavy (non-hydrogen) atoms. The number of nitrogens with one attached hydrogen (secondary N) is 2. The van der Waals surface area contributed by atoms with E-state index in [-0.39, 0.29) is 47.5 Å². The molecule has 0 aliphatic carbocycles. The van der Waals surface area contributed by atoms with Crippen molar-refractivity contribution in [3.05, 3.63) is 51.7 Å². The van der Waals surface area contributed by atoms with Crippen LogP contribution in [0, 0.1) is 6.92 Å². The third-order valence-corrected chi connectivity index (χ3v) is 8.74. The molecule has 2 N–H and O–H groups in total. The summed E-state index contributed by atoms with van der Waals surface area (Å²) < 4.78 is 17.4. The minimum atomic E-state index is -0.638. The number of ether oxygens (including phenoxy) is 3. The van der Waals surface area contributed by atoms with E-state index in [1.165, 1.54) is 11.8 Å². The number of methoxy groups -OCH3 is 1. The summed E-state index contributed by atoms with van der Waals surface area (Å²) >= 11 is 2.18. The second kappa shape index (κ2) is 16.8. The molecule has 2 heterocycles. The smallest absolute Gasteiger partial charge is 0.348 e. The maximum atomic E-state index is 13.3. The van der Waals surface area contributed by atoms with Gasteiger partial charge < -0.3 is 29.4 Å². The van der Waals surface area contributed by atoms with Gasteiger partial charge in [0, 0.05) is 6.54 Å². The number of hydrogen-bond acceptors (Lipinski definition) is 11. The van der Waals surface area contributed by atoms with E-state index in [1.807, 2.05) is 16.7 Å². The molecular formula is C30H39N5O7S2. The van der Waals surface area contributed by atoms with Crippen molar-refractivity contribution in [1.82, 2.24) is 20.1 Å². The lowest BCUT2D eigenvalue weighted by Crippen LogP contribution is -2.26. The van der Waals surface area contributed by atoms with Crippen molar-refractivity contribution < 1.29 is 33.4 Å². The SMILES string of the molecule is CCCCn1c(CNC(=O)Cc2ccc(OC)cc2)nnc1S[C@@H](C)C(=O)Nc1sc(C(=O)OCC)c(C)c1C(=O)OCC. The zero-order valence-corrected chi connectivity index (χ0v) is 27.5. The van der Waals surface area contributed by atoms with Crippen LogP contribution in [0.2, 0.25) is 0 Å².